The topological polar surface area (TPSA) is 29.1 Å². The summed E-state index contributed by atoms with van der Waals surface area (Å²) in [4.78, 5) is 12.3. The molecule has 110 valence electrons. The molecule has 1 N–H and O–H groups in total. The molecule has 21 heavy (non-hydrogen) atoms. The first-order valence-electron chi connectivity index (χ1n) is 6.94. The summed E-state index contributed by atoms with van der Waals surface area (Å²) in [6, 6.07) is 10.4. The van der Waals surface area contributed by atoms with Crippen LogP contribution < -0.4 is 5.32 Å². The first-order valence-corrected chi connectivity index (χ1v) is 7.73. The van der Waals surface area contributed by atoms with Gasteiger partial charge < -0.3 is 5.32 Å². The molecule has 0 atom stereocenters. The number of amides is 1. The van der Waals surface area contributed by atoms with Gasteiger partial charge in [-0.3, -0.25) is 4.79 Å². The minimum Gasteiger partial charge on any atom is -0.321 e. The molecule has 0 heterocycles. The van der Waals surface area contributed by atoms with E-state index >= 15 is 0 Å². The van der Waals surface area contributed by atoms with Gasteiger partial charge in [0.2, 0.25) is 0 Å². The second-order valence-corrected chi connectivity index (χ2v) is 5.60. The fourth-order valence-electron chi connectivity index (χ4n) is 2.23. The normalized spacial score (nSPS) is 10.5. The number of carbonyl (C=O) groups excluding carboxylic acids is 1. The summed E-state index contributed by atoms with van der Waals surface area (Å²) < 4.78 is 13.9. The van der Waals surface area contributed by atoms with Crippen LogP contribution in [0, 0.1) is 5.82 Å². The van der Waals surface area contributed by atoms with Crippen LogP contribution in [-0.4, -0.2) is 5.91 Å². The number of aryl methyl sites for hydroxylation is 2. The third-order valence-corrected chi connectivity index (χ3v) is 4.06. The highest BCUT2D eigenvalue weighted by Crippen LogP contribution is 2.24. The summed E-state index contributed by atoms with van der Waals surface area (Å²) in [5.41, 5.74) is 3.32. The predicted octanol–water partition coefficient (Wildman–Crippen LogP) is 4.97. The van der Waals surface area contributed by atoms with Crippen molar-refractivity contribution >= 4 is 27.5 Å². The molecule has 2 aromatic carbocycles. The largest absolute Gasteiger partial charge is 0.321 e. The highest BCUT2D eigenvalue weighted by atomic mass is 79.9. The molecule has 0 aliphatic heterocycles. The Hall–Kier alpha value is -1.68. The van der Waals surface area contributed by atoms with Crippen LogP contribution in [0.3, 0.4) is 0 Å². The van der Waals surface area contributed by atoms with E-state index in [4.69, 9.17) is 0 Å². The summed E-state index contributed by atoms with van der Waals surface area (Å²) in [5.74, 6) is -0.737. The van der Waals surface area contributed by atoms with Gasteiger partial charge in [-0.15, -0.1) is 0 Å². The molecule has 4 heteroatoms. The average molecular weight is 350 g/mol. The van der Waals surface area contributed by atoms with Crippen LogP contribution in [0.2, 0.25) is 0 Å². The Morgan fingerprint density at radius 1 is 1.14 bits per heavy atom. The van der Waals surface area contributed by atoms with Crippen molar-refractivity contribution in [2.45, 2.75) is 26.7 Å². The van der Waals surface area contributed by atoms with Gasteiger partial charge in [-0.2, -0.15) is 0 Å². The summed E-state index contributed by atoms with van der Waals surface area (Å²) in [6.45, 7) is 4.09. The first-order chi connectivity index (χ1) is 10.1. The highest BCUT2D eigenvalue weighted by Gasteiger charge is 2.13. The molecule has 0 fully saturated rings. The number of nitrogens with one attached hydrogen (secondary N) is 1. The van der Waals surface area contributed by atoms with Crippen LogP contribution in [0.1, 0.15) is 35.3 Å². The quantitative estimate of drug-likeness (QED) is 0.829. The highest BCUT2D eigenvalue weighted by molar-refractivity contribution is 9.10. The van der Waals surface area contributed by atoms with Crippen LogP contribution in [0.4, 0.5) is 10.1 Å². The van der Waals surface area contributed by atoms with E-state index < -0.39 is 5.82 Å². The molecule has 0 bridgehead atoms. The summed E-state index contributed by atoms with van der Waals surface area (Å²) in [5, 5.41) is 2.92. The molecule has 0 aliphatic rings. The van der Waals surface area contributed by atoms with Gasteiger partial charge in [-0.1, -0.05) is 32.0 Å². The molecule has 2 nitrogen and oxygen atoms in total. The van der Waals surface area contributed by atoms with E-state index in [9.17, 15) is 9.18 Å². The van der Waals surface area contributed by atoms with Gasteiger partial charge in [0.1, 0.15) is 5.82 Å². The number of para-hydroxylation sites is 1. The minimum atomic E-state index is -0.442. The SMILES string of the molecule is CCc1cccc(CC)c1NC(=O)c1ccc(Br)c(F)c1. The van der Waals surface area contributed by atoms with Crippen molar-refractivity contribution in [3.63, 3.8) is 0 Å². The number of halogens is 2. The Morgan fingerprint density at radius 3 is 2.29 bits per heavy atom. The Balaban J connectivity index is 2.33. The van der Waals surface area contributed by atoms with Gasteiger partial charge in [-0.25, -0.2) is 4.39 Å². The van der Waals surface area contributed by atoms with Crippen molar-refractivity contribution in [2.75, 3.05) is 5.32 Å². The van der Waals surface area contributed by atoms with Gasteiger partial charge in [0.15, 0.2) is 0 Å². The molecule has 0 radical (unpaired) electrons. The number of rotatable bonds is 4. The van der Waals surface area contributed by atoms with E-state index in [2.05, 4.69) is 21.2 Å². The molecule has 0 aromatic heterocycles. The van der Waals surface area contributed by atoms with Crippen molar-refractivity contribution in [1.82, 2.24) is 0 Å². The second kappa shape index (κ2) is 6.85. The van der Waals surface area contributed by atoms with Crippen LogP contribution >= 0.6 is 15.9 Å². The van der Waals surface area contributed by atoms with Gasteiger partial charge >= 0.3 is 0 Å². The van der Waals surface area contributed by atoms with E-state index in [-0.39, 0.29) is 5.91 Å². The number of hydrogen-bond donors (Lipinski definition) is 1. The van der Waals surface area contributed by atoms with Crippen molar-refractivity contribution < 1.29 is 9.18 Å². The standard InChI is InChI=1S/C17H17BrFNO/c1-3-11-6-5-7-12(4-2)16(11)20-17(21)13-8-9-14(18)15(19)10-13/h5-10H,3-4H2,1-2H3,(H,20,21). The molecular weight excluding hydrogens is 333 g/mol. The van der Waals surface area contributed by atoms with E-state index in [1.807, 2.05) is 32.0 Å². The molecule has 0 saturated carbocycles. The third-order valence-electron chi connectivity index (χ3n) is 3.42. The first kappa shape index (κ1) is 15.7. The molecule has 2 rings (SSSR count). The van der Waals surface area contributed by atoms with Gasteiger partial charge in [-0.05, 0) is 58.1 Å². The van der Waals surface area contributed by atoms with Crippen LogP contribution in [0.25, 0.3) is 0 Å². The summed E-state index contributed by atoms with van der Waals surface area (Å²) in [6.07, 6.45) is 1.66. The van der Waals surface area contributed by atoms with E-state index in [0.29, 0.717) is 10.0 Å². The zero-order valence-corrected chi connectivity index (χ0v) is 13.6. The number of benzene rings is 2. The van der Waals surface area contributed by atoms with E-state index in [1.165, 1.54) is 12.1 Å². The smallest absolute Gasteiger partial charge is 0.255 e. The Bertz CT molecular complexity index is 648. The van der Waals surface area contributed by atoms with Crippen molar-refractivity contribution in [2.24, 2.45) is 0 Å². The lowest BCUT2D eigenvalue weighted by Gasteiger charge is -2.14. The second-order valence-electron chi connectivity index (χ2n) is 4.74. The maximum Gasteiger partial charge on any atom is 0.255 e. The number of carbonyl (C=O) groups is 1. The van der Waals surface area contributed by atoms with Gasteiger partial charge in [0, 0.05) is 11.3 Å². The lowest BCUT2D eigenvalue weighted by molar-refractivity contribution is 0.102. The third kappa shape index (κ3) is 3.50. The molecule has 0 aliphatic carbocycles. The summed E-state index contributed by atoms with van der Waals surface area (Å²) in [7, 11) is 0. The van der Waals surface area contributed by atoms with Crippen molar-refractivity contribution in [1.29, 1.82) is 0 Å². The monoisotopic (exact) mass is 349 g/mol. The van der Waals surface area contributed by atoms with Crippen molar-refractivity contribution in [3.8, 4) is 0 Å². The van der Waals surface area contributed by atoms with Gasteiger partial charge in [0.05, 0.1) is 4.47 Å². The Morgan fingerprint density at radius 2 is 1.76 bits per heavy atom. The van der Waals surface area contributed by atoms with Gasteiger partial charge in [0.25, 0.3) is 5.91 Å². The van der Waals surface area contributed by atoms with E-state index in [0.717, 1.165) is 29.7 Å². The number of anilines is 1. The molecule has 0 saturated heterocycles. The molecule has 0 unspecified atom stereocenters. The molecule has 0 spiro atoms. The Kier molecular flexibility index (Phi) is 5.12. The maximum atomic E-state index is 13.5. The lowest BCUT2D eigenvalue weighted by atomic mass is 10.0. The fourth-order valence-corrected chi connectivity index (χ4v) is 2.47. The zero-order chi connectivity index (χ0) is 15.4. The average Bonchev–Trinajstić information content (AvgIpc) is 2.50. The maximum absolute atomic E-state index is 13.5. The van der Waals surface area contributed by atoms with Crippen molar-refractivity contribution in [3.05, 3.63) is 63.4 Å². The zero-order valence-electron chi connectivity index (χ0n) is 12.0. The predicted molar refractivity (Wildman–Crippen MR) is 87.3 cm³/mol. The van der Waals surface area contributed by atoms with E-state index in [1.54, 1.807) is 6.07 Å². The molecular formula is C17H17BrFNO. The minimum absolute atomic E-state index is 0.294. The van der Waals surface area contributed by atoms with Crippen LogP contribution in [0.15, 0.2) is 40.9 Å². The summed E-state index contributed by atoms with van der Waals surface area (Å²) >= 11 is 3.08. The molecule has 2 aromatic rings. The molecule has 1 amide bonds. The number of hydrogen-bond acceptors (Lipinski definition) is 1. The Labute approximate surface area is 132 Å². The lowest BCUT2D eigenvalue weighted by Crippen LogP contribution is -2.15. The van der Waals surface area contributed by atoms with Crippen LogP contribution in [-0.2, 0) is 12.8 Å². The fraction of sp³-hybridized carbons (Fsp3) is 0.235. The van der Waals surface area contributed by atoms with Crippen LogP contribution in [0.5, 0.6) is 0 Å².